The molecule has 0 heterocycles. The Morgan fingerprint density at radius 2 is 1.44 bits per heavy atom. The highest BCUT2D eigenvalue weighted by Gasteiger charge is 2.31. The number of hydrogen-bond acceptors (Lipinski definition) is 5. The van der Waals surface area contributed by atoms with E-state index in [1.807, 2.05) is 6.92 Å². The molecule has 0 fully saturated rings. The number of rotatable bonds is 13. The van der Waals surface area contributed by atoms with Crippen molar-refractivity contribution in [2.75, 3.05) is 17.9 Å². The molecule has 4 rings (SSSR count). The fourth-order valence-electron chi connectivity index (χ4n) is 4.24. The minimum absolute atomic E-state index is 0.00775. The van der Waals surface area contributed by atoms with Gasteiger partial charge in [0, 0.05) is 18.8 Å². The summed E-state index contributed by atoms with van der Waals surface area (Å²) in [6.45, 7) is 1.89. The molecule has 2 amide bonds. The van der Waals surface area contributed by atoms with Crippen molar-refractivity contribution in [1.82, 2.24) is 10.2 Å². The van der Waals surface area contributed by atoms with Crippen molar-refractivity contribution in [3.8, 4) is 5.75 Å². The normalized spacial score (nSPS) is 11.8. The predicted molar refractivity (Wildman–Crippen MR) is 159 cm³/mol. The Kier molecular flexibility index (Phi) is 10.4. The third-order valence-electron chi connectivity index (χ3n) is 6.40. The van der Waals surface area contributed by atoms with Crippen LogP contribution < -0.4 is 14.8 Å². The zero-order valence-electron chi connectivity index (χ0n) is 23.4. The van der Waals surface area contributed by atoms with Crippen LogP contribution in [0.4, 0.5) is 14.5 Å². The number of nitrogens with zero attached hydrogens (tertiary/aromatic N) is 1. The van der Waals surface area contributed by atoms with E-state index in [0.29, 0.717) is 24.1 Å². The number of benzene rings is 4. The largest absolute Gasteiger partial charge is 0.484 e. The molecule has 0 spiro atoms. The third-order valence-corrected chi connectivity index (χ3v) is 7.80. The smallest absolute Gasteiger partial charge is 0.261 e. The summed E-state index contributed by atoms with van der Waals surface area (Å²) >= 11 is 0. The average Bonchev–Trinajstić information content (AvgIpc) is 3.01. The van der Waals surface area contributed by atoms with Crippen LogP contribution in [0, 0.1) is 11.6 Å². The van der Waals surface area contributed by atoms with Gasteiger partial charge >= 0.3 is 0 Å². The van der Waals surface area contributed by atoms with Gasteiger partial charge in [0.1, 0.15) is 23.4 Å². The Morgan fingerprint density at radius 3 is 2.05 bits per heavy atom. The highest BCUT2D eigenvalue weighted by Crippen LogP contribution is 2.25. The number of sulfonamides is 1. The van der Waals surface area contributed by atoms with E-state index in [1.54, 1.807) is 42.5 Å². The van der Waals surface area contributed by atoms with E-state index in [-0.39, 0.29) is 28.8 Å². The maximum atomic E-state index is 13.6. The van der Waals surface area contributed by atoms with Gasteiger partial charge in [0.15, 0.2) is 6.61 Å². The van der Waals surface area contributed by atoms with Gasteiger partial charge in [0.05, 0.1) is 4.90 Å². The number of ether oxygens (including phenoxy) is 1. The van der Waals surface area contributed by atoms with Crippen molar-refractivity contribution in [1.29, 1.82) is 0 Å². The van der Waals surface area contributed by atoms with Gasteiger partial charge in [-0.15, -0.1) is 0 Å². The molecule has 0 aliphatic heterocycles. The molecule has 1 atom stereocenters. The lowest BCUT2D eigenvalue weighted by Crippen LogP contribution is -2.45. The highest BCUT2D eigenvalue weighted by molar-refractivity contribution is 7.92. The number of carbonyl (C=O) groups excluding carboxylic acids is 2. The van der Waals surface area contributed by atoms with E-state index >= 15 is 0 Å². The number of nitrogens with one attached hydrogen (secondary N) is 2. The van der Waals surface area contributed by atoms with Gasteiger partial charge in [-0.1, -0.05) is 49.4 Å². The molecule has 0 aliphatic rings. The Hall–Kier alpha value is -4.77. The number of anilines is 1. The fraction of sp³-hybridized carbons (Fsp3) is 0.188. The zero-order valence-corrected chi connectivity index (χ0v) is 24.2. The van der Waals surface area contributed by atoms with Gasteiger partial charge in [-0.05, 0) is 78.2 Å². The van der Waals surface area contributed by atoms with Crippen LogP contribution in [0.2, 0.25) is 0 Å². The van der Waals surface area contributed by atoms with Crippen molar-refractivity contribution in [2.45, 2.75) is 30.8 Å². The minimum atomic E-state index is -3.96. The van der Waals surface area contributed by atoms with Crippen LogP contribution in [0.3, 0.4) is 0 Å². The monoisotopic (exact) mass is 607 g/mol. The second-order valence-electron chi connectivity index (χ2n) is 9.62. The van der Waals surface area contributed by atoms with Crippen LogP contribution in [0.5, 0.6) is 5.75 Å². The van der Waals surface area contributed by atoms with E-state index in [1.165, 1.54) is 53.4 Å². The van der Waals surface area contributed by atoms with Gasteiger partial charge in [-0.25, -0.2) is 17.2 Å². The fourth-order valence-corrected chi connectivity index (χ4v) is 5.30. The SMILES string of the molecule is CCCNC(=O)C(c1ccccc1)N(Cc1ccc(F)cc1)C(=O)COc1ccc(S(=O)(=O)Nc2ccc(F)cc2)cc1. The summed E-state index contributed by atoms with van der Waals surface area (Å²) < 4.78 is 60.3. The molecular weight excluding hydrogens is 576 g/mol. The van der Waals surface area contributed by atoms with E-state index in [2.05, 4.69) is 10.0 Å². The molecule has 0 bridgehead atoms. The van der Waals surface area contributed by atoms with Crippen molar-refractivity contribution in [2.24, 2.45) is 0 Å². The van der Waals surface area contributed by atoms with Gasteiger partial charge in [0.25, 0.3) is 15.9 Å². The molecular formula is C32H31F2N3O5S. The van der Waals surface area contributed by atoms with E-state index < -0.39 is 40.2 Å². The van der Waals surface area contributed by atoms with E-state index in [4.69, 9.17) is 4.74 Å². The van der Waals surface area contributed by atoms with Gasteiger partial charge in [-0.3, -0.25) is 14.3 Å². The maximum Gasteiger partial charge on any atom is 0.261 e. The van der Waals surface area contributed by atoms with Gasteiger partial charge in [-0.2, -0.15) is 0 Å². The van der Waals surface area contributed by atoms with Gasteiger partial charge < -0.3 is 15.0 Å². The topological polar surface area (TPSA) is 105 Å². The first-order valence-corrected chi connectivity index (χ1v) is 15.0. The van der Waals surface area contributed by atoms with Crippen LogP contribution in [-0.2, 0) is 26.2 Å². The molecule has 0 saturated heterocycles. The summed E-state index contributed by atoms with van der Waals surface area (Å²) in [5.41, 5.74) is 1.40. The second-order valence-corrected chi connectivity index (χ2v) is 11.3. The predicted octanol–water partition coefficient (Wildman–Crippen LogP) is 5.44. The van der Waals surface area contributed by atoms with Crippen LogP contribution in [0.15, 0.2) is 108 Å². The standard InChI is InChI=1S/C32H31F2N3O5S/c1-2-20-35-32(39)31(24-6-4-3-5-7-24)37(21-23-8-10-25(33)11-9-23)30(38)22-42-28-16-18-29(19-17-28)43(40,41)36-27-14-12-26(34)13-15-27/h3-19,31,36H,2,20-22H2,1H3,(H,35,39). The molecule has 0 aliphatic carbocycles. The number of halogens is 2. The molecule has 1 unspecified atom stereocenters. The summed E-state index contributed by atoms with van der Waals surface area (Å²) in [4.78, 5) is 28.3. The number of amides is 2. The Balaban J connectivity index is 1.53. The van der Waals surface area contributed by atoms with E-state index in [9.17, 15) is 26.8 Å². The van der Waals surface area contributed by atoms with Crippen molar-refractivity contribution >= 4 is 27.5 Å². The van der Waals surface area contributed by atoms with Crippen molar-refractivity contribution < 1.29 is 31.5 Å². The molecule has 224 valence electrons. The molecule has 11 heteroatoms. The highest BCUT2D eigenvalue weighted by atomic mass is 32.2. The maximum absolute atomic E-state index is 13.6. The van der Waals surface area contributed by atoms with Crippen molar-refractivity contribution in [3.05, 3.63) is 126 Å². The van der Waals surface area contributed by atoms with Crippen LogP contribution in [0.1, 0.15) is 30.5 Å². The molecule has 0 radical (unpaired) electrons. The lowest BCUT2D eigenvalue weighted by atomic mass is 10.0. The summed E-state index contributed by atoms with van der Waals surface area (Å²) in [7, 11) is -3.96. The number of carbonyl (C=O) groups is 2. The van der Waals surface area contributed by atoms with E-state index in [0.717, 1.165) is 12.1 Å². The minimum Gasteiger partial charge on any atom is -0.484 e. The first-order valence-electron chi connectivity index (χ1n) is 13.5. The summed E-state index contributed by atoms with van der Waals surface area (Å²) in [6, 6.07) is 23.8. The quantitative estimate of drug-likeness (QED) is 0.211. The molecule has 8 nitrogen and oxygen atoms in total. The van der Waals surface area contributed by atoms with Crippen LogP contribution in [0.25, 0.3) is 0 Å². The first-order chi connectivity index (χ1) is 20.7. The lowest BCUT2D eigenvalue weighted by molar-refractivity contribution is -0.143. The summed E-state index contributed by atoms with van der Waals surface area (Å²) in [5.74, 6) is -1.58. The molecule has 4 aromatic rings. The summed E-state index contributed by atoms with van der Waals surface area (Å²) in [6.07, 6.45) is 0.702. The van der Waals surface area contributed by atoms with Crippen molar-refractivity contribution in [3.63, 3.8) is 0 Å². The Labute approximate surface area is 249 Å². The molecule has 2 N–H and O–H groups in total. The molecule has 43 heavy (non-hydrogen) atoms. The molecule has 0 aromatic heterocycles. The zero-order chi connectivity index (χ0) is 30.8. The number of hydrogen-bond donors (Lipinski definition) is 2. The Bertz CT molecular complexity index is 1620. The molecule has 4 aromatic carbocycles. The second kappa shape index (κ2) is 14.4. The third kappa shape index (κ3) is 8.62. The van der Waals surface area contributed by atoms with Crippen LogP contribution >= 0.6 is 0 Å². The molecule has 0 saturated carbocycles. The average molecular weight is 608 g/mol. The first kappa shape index (κ1) is 31.2. The van der Waals surface area contributed by atoms with Gasteiger partial charge in [0.2, 0.25) is 5.91 Å². The summed E-state index contributed by atoms with van der Waals surface area (Å²) in [5, 5.41) is 2.86. The Morgan fingerprint density at radius 1 is 0.837 bits per heavy atom. The van der Waals surface area contributed by atoms with Crippen LogP contribution in [-0.4, -0.2) is 38.3 Å². The lowest BCUT2D eigenvalue weighted by Gasteiger charge is -2.31.